The number of halogens is 1. The van der Waals surface area contributed by atoms with Gasteiger partial charge in [-0.05, 0) is 57.5 Å². The van der Waals surface area contributed by atoms with Gasteiger partial charge < -0.3 is 15.4 Å². The van der Waals surface area contributed by atoms with E-state index in [9.17, 15) is 9.59 Å². The first-order chi connectivity index (χ1) is 12.1. The number of hydrogen-bond acceptors (Lipinski definition) is 4. The Morgan fingerprint density at radius 2 is 1.77 bits per heavy atom. The molecule has 2 N–H and O–H groups in total. The minimum Gasteiger partial charge on any atom is -0.444 e. The molecule has 2 amide bonds. The molecule has 0 aliphatic heterocycles. The Bertz CT molecular complexity index is 768. The second kappa shape index (κ2) is 8.19. The molecule has 7 heteroatoms. The highest BCUT2D eigenvalue weighted by Crippen LogP contribution is 2.18. The topological polar surface area (TPSA) is 80.3 Å². The highest BCUT2D eigenvalue weighted by atomic mass is 35.5. The van der Waals surface area contributed by atoms with Crippen molar-refractivity contribution in [3.63, 3.8) is 0 Å². The van der Waals surface area contributed by atoms with Crippen molar-refractivity contribution in [2.45, 2.75) is 39.3 Å². The number of ether oxygens (including phenoxy) is 1. The van der Waals surface area contributed by atoms with Gasteiger partial charge in [-0.25, -0.2) is 9.78 Å². The molecular weight excluding hydrogens is 354 g/mol. The summed E-state index contributed by atoms with van der Waals surface area (Å²) in [6.07, 6.45) is 0.941. The molecule has 0 aliphatic rings. The summed E-state index contributed by atoms with van der Waals surface area (Å²) in [4.78, 5) is 27.9. The van der Waals surface area contributed by atoms with E-state index in [1.54, 1.807) is 24.3 Å². The third-order valence-corrected chi connectivity index (χ3v) is 3.61. The van der Waals surface area contributed by atoms with E-state index in [0.717, 1.165) is 5.56 Å². The zero-order chi connectivity index (χ0) is 19.3. The van der Waals surface area contributed by atoms with Crippen LogP contribution in [0.4, 0.5) is 10.5 Å². The largest absolute Gasteiger partial charge is 0.444 e. The molecule has 0 saturated carbocycles. The van der Waals surface area contributed by atoms with Gasteiger partial charge in [0.25, 0.3) is 5.91 Å². The van der Waals surface area contributed by atoms with Crippen LogP contribution in [0.1, 0.15) is 49.7 Å². The molecule has 1 aromatic carbocycles. The molecule has 0 spiro atoms. The first-order valence-corrected chi connectivity index (χ1v) is 8.54. The van der Waals surface area contributed by atoms with Gasteiger partial charge in [0.05, 0.1) is 11.6 Å². The van der Waals surface area contributed by atoms with Crippen LogP contribution in [0.25, 0.3) is 0 Å². The lowest BCUT2D eigenvalue weighted by molar-refractivity contribution is 0.0508. The fourth-order valence-electron chi connectivity index (χ4n) is 2.14. The van der Waals surface area contributed by atoms with E-state index in [4.69, 9.17) is 16.3 Å². The van der Waals surface area contributed by atoms with Crippen molar-refractivity contribution in [2.24, 2.45) is 0 Å². The molecule has 0 saturated heterocycles. The maximum atomic E-state index is 12.2. The number of pyridine rings is 1. The Balaban J connectivity index is 1.96. The van der Waals surface area contributed by atoms with Gasteiger partial charge in [-0.2, -0.15) is 0 Å². The minimum absolute atomic E-state index is 0.227. The molecule has 138 valence electrons. The maximum Gasteiger partial charge on any atom is 0.408 e. The lowest BCUT2D eigenvalue weighted by Gasteiger charge is -2.22. The average Bonchev–Trinajstić information content (AvgIpc) is 2.54. The summed E-state index contributed by atoms with van der Waals surface area (Å²) in [5.41, 5.74) is 1.40. The molecule has 0 unspecified atom stereocenters. The fraction of sp³-hybridized carbons (Fsp3) is 0.316. The van der Waals surface area contributed by atoms with Crippen molar-refractivity contribution in [3.05, 3.63) is 58.9 Å². The molecule has 26 heavy (non-hydrogen) atoms. The fourth-order valence-corrected chi connectivity index (χ4v) is 2.25. The summed E-state index contributed by atoms with van der Waals surface area (Å²) in [6, 6.07) is 10.1. The van der Waals surface area contributed by atoms with Gasteiger partial charge in [0.1, 0.15) is 10.8 Å². The number of benzene rings is 1. The number of anilines is 1. The van der Waals surface area contributed by atoms with Crippen LogP contribution in [0.2, 0.25) is 5.15 Å². The number of alkyl carbamates (subject to hydrolysis) is 1. The van der Waals surface area contributed by atoms with E-state index in [-0.39, 0.29) is 11.9 Å². The van der Waals surface area contributed by atoms with Crippen LogP contribution in [0.5, 0.6) is 0 Å². The van der Waals surface area contributed by atoms with Gasteiger partial charge in [-0.15, -0.1) is 0 Å². The van der Waals surface area contributed by atoms with Crippen LogP contribution < -0.4 is 10.6 Å². The number of aromatic nitrogens is 1. The maximum absolute atomic E-state index is 12.2. The number of carbonyl (C=O) groups is 2. The SMILES string of the molecule is C[C@H](NC(=O)OC(C)(C)C)c1ccc(NC(=O)c2ccc(Cl)nc2)cc1. The highest BCUT2D eigenvalue weighted by molar-refractivity contribution is 6.29. The van der Waals surface area contributed by atoms with Gasteiger partial charge in [-0.3, -0.25) is 4.79 Å². The molecule has 2 rings (SSSR count). The highest BCUT2D eigenvalue weighted by Gasteiger charge is 2.18. The minimum atomic E-state index is -0.547. The normalized spacial score (nSPS) is 12.2. The van der Waals surface area contributed by atoms with E-state index in [2.05, 4.69) is 15.6 Å². The summed E-state index contributed by atoms with van der Waals surface area (Å²) in [5.74, 6) is -0.276. The van der Waals surface area contributed by atoms with Crippen molar-refractivity contribution in [2.75, 3.05) is 5.32 Å². The van der Waals surface area contributed by atoms with Gasteiger partial charge in [-0.1, -0.05) is 23.7 Å². The second-order valence-corrected chi connectivity index (χ2v) is 7.20. The van der Waals surface area contributed by atoms with Crippen LogP contribution in [-0.4, -0.2) is 22.6 Å². The lowest BCUT2D eigenvalue weighted by atomic mass is 10.1. The van der Waals surface area contributed by atoms with E-state index in [1.165, 1.54) is 6.20 Å². The molecule has 1 atom stereocenters. The van der Waals surface area contributed by atoms with Crippen LogP contribution >= 0.6 is 11.6 Å². The summed E-state index contributed by atoms with van der Waals surface area (Å²) < 4.78 is 5.24. The van der Waals surface area contributed by atoms with E-state index in [1.807, 2.05) is 39.8 Å². The van der Waals surface area contributed by atoms with Crippen LogP contribution in [-0.2, 0) is 4.74 Å². The molecule has 0 radical (unpaired) electrons. The Labute approximate surface area is 157 Å². The van der Waals surface area contributed by atoms with Gasteiger partial charge in [0, 0.05) is 11.9 Å². The first-order valence-electron chi connectivity index (χ1n) is 8.16. The number of carbonyl (C=O) groups excluding carboxylic acids is 2. The smallest absolute Gasteiger partial charge is 0.408 e. The van der Waals surface area contributed by atoms with Gasteiger partial charge in [0.2, 0.25) is 0 Å². The summed E-state index contributed by atoms with van der Waals surface area (Å²) in [5, 5.41) is 5.89. The summed E-state index contributed by atoms with van der Waals surface area (Å²) >= 11 is 5.71. The van der Waals surface area contributed by atoms with Crippen LogP contribution in [0, 0.1) is 0 Å². The number of hydrogen-bond donors (Lipinski definition) is 2. The molecule has 0 bridgehead atoms. The third-order valence-electron chi connectivity index (χ3n) is 3.39. The third kappa shape index (κ3) is 6.04. The zero-order valence-electron chi connectivity index (χ0n) is 15.2. The molecular formula is C19H22ClN3O3. The number of rotatable bonds is 4. The quantitative estimate of drug-likeness (QED) is 0.767. The molecule has 1 aromatic heterocycles. The van der Waals surface area contributed by atoms with Crippen molar-refractivity contribution < 1.29 is 14.3 Å². The molecule has 1 heterocycles. The Morgan fingerprint density at radius 1 is 1.12 bits per heavy atom. The Kier molecular flexibility index (Phi) is 6.21. The summed E-state index contributed by atoms with van der Waals surface area (Å²) in [6.45, 7) is 7.29. The van der Waals surface area contributed by atoms with E-state index >= 15 is 0 Å². The van der Waals surface area contributed by atoms with E-state index < -0.39 is 11.7 Å². The van der Waals surface area contributed by atoms with E-state index in [0.29, 0.717) is 16.4 Å². The first kappa shape index (κ1) is 19.7. The monoisotopic (exact) mass is 375 g/mol. The van der Waals surface area contributed by atoms with Crippen LogP contribution in [0.15, 0.2) is 42.6 Å². The molecule has 0 fully saturated rings. The van der Waals surface area contributed by atoms with Crippen molar-refractivity contribution in [3.8, 4) is 0 Å². The molecule has 2 aromatic rings. The predicted molar refractivity (Wildman–Crippen MR) is 101 cm³/mol. The average molecular weight is 376 g/mol. The van der Waals surface area contributed by atoms with Gasteiger partial charge >= 0.3 is 6.09 Å². The zero-order valence-corrected chi connectivity index (χ0v) is 15.9. The van der Waals surface area contributed by atoms with Crippen molar-refractivity contribution in [1.29, 1.82) is 0 Å². The number of nitrogens with one attached hydrogen (secondary N) is 2. The number of amides is 2. The second-order valence-electron chi connectivity index (χ2n) is 6.81. The summed E-state index contributed by atoms with van der Waals surface area (Å²) in [7, 11) is 0. The van der Waals surface area contributed by atoms with Gasteiger partial charge in [0.15, 0.2) is 0 Å². The lowest BCUT2D eigenvalue weighted by Crippen LogP contribution is -2.34. The van der Waals surface area contributed by atoms with Crippen molar-refractivity contribution >= 4 is 29.3 Å². The Morgan fingerprint density at radius 3 is 2.31 bits per heavy atom. The Hall–Kier alpha value is -2.60. The predicted octanol–water partition coefficient (Wildman–Crippen LogP) is 4.57. The van der Waals surface area contributed by atoms with Crippen molar-refractivity contribution in [1.82, 2.24) is 10.3 Å². The molecule has 0 aliphatic carbocycles. The standard InChI is InChI=1S/C19H22ClN3O3/c1-12(22-18(25)26-19(2,3)4)13-5-8-15(9-6-13)23-17(24)14-7-10-16(20)21-11-14/h5-12H,1-4H3,(H,22,25)(H,23,24)/t12-/m0/s1. The van der Waals surface area contributed by atoms with Crippen LogP contribution in [0.3, 0.4) is 0 Å². The molecule has 6 nitrogen and oxygen atoms in total. The number of nitrogens with zero attached hydrogens (tertiary/aromatic N) is 1.